The third kappa shape index (κ3) is 2.24. The van der Waals surface area contributed by atoms with E-state index in [0.29, 0.717) is 10.8 Å². The molecule has 0 nitrogen and oxygen atoms in total. The zero-order chi connectivity index (χ0) is 17.1. The van der Waals surface area contributed by atoms with Crippen LogP contribution in [-0.2, 0) is 0 Å². The molecule has 8 unspecified atom stereocenters. The van der Waals surface area contributed by atoms with Crippen LogP contribution in [0, 0.1) is 46.3 Å². The fourth-order valence-corrected chi connectivity index (χ4v) is 7.58. The van der Waals surface area contributed by atoms with Crippen molar-refractivity contribution < 1.29 is 0 Å². The Bertz CT molecular complexity index is 554. The minimum absolute atomic E-state index is 0.474. The second-order valence-electron chi connectivity index (χ2n) is 10.3. The van der Waals surface area contributed by atoms with Gasteiger partial charge in [-0.2, -0.15) is 0 Å². The summed E-state index contributed by atoms with van der Waals surface area (Å²) in [5.41, 5.74) is 2.77. The van der Waals surface area contributed by atoms with Gasteiger partial charge in [0.2, 0.25) is 0 Å². The van der Waals surface area contributed by atoms with Gasteiger partial charge in [-0.05, 0) is 90.4 Å². The van der Waals surface area contributed by atoms with Crippen LogP contribution in [0.4, 0.5) is 0 Å². The Kier molecular flexibility index (Phi) is 4.05. The first-order chi connectivity index (χ1) is 11.4. The monoisotopic (exact) mass is 326 g/mol. The third-order valence-electron chi connectivity index (χ3n) is 9.30. The molecule has 0 amide bonds. The van der Waals surface area contributed by atoms with Crippen LogP contribution in [0.15, 0.2) is 23.8 Å². The van der Waals surface area contributed by atoms with E-state index in [-0.39, 0.29) is 0 Å². The lowest BCUT2D eigenvalue weighted by molar-refractivity contribution is -0.0268. The maximum absolute atomic E-state index is 2.67. The predicted molar refractivity (Wildman–Crippen MR) is 104 cm³/mol. The minimum Gasteiger partial charge on any atom is -0.0805 e. The van der Waals surface area contributed by atoms with Gasteiger partial charge >= 0.3 is 0 Å². The highest BCUT2D eigenvalue weighted by atomic mass is 14.6. The third-order valence-corrected chi connectivity index (χ3v) is 9.30. The van der Waals surface area contributed by atoms with Crippen molar-refractivity contribution in [1.29, 1.82) is 0 Å². The normalized spacial score (nSPS) is 51.4. The number of hydrogen-bond acceptors (Lipinski definition) is 0. The molecule has 0 saturated heterocycles. The van der Waals surface area contributed by atoms with Gasteiger partial charge in [-0.25, -0.2) is 0 Å². The Morgan fingerprint density at radius 3 is 2.62 bits per heavy atom. The Balaban J connectivity index is 1.67. The summed E-state index contributed by atoms with van der Waals surface area (Å²) in [6.07, 6.45) is 17.9. The summed E-state index contributed by atoms with van der Waals surface area (Å²) >= 11 is 0. The molecule has 0 heteroatoms. The molecule has 0 N–H and O–H groups in total. The van der Waals surface area contributed by atoms with Gasteiger partial charge in [-0.15, -0.1) is 0 Å². The minimum atomic E-state index is 0.474. The van der Waals surface area contributed by atoms with Crippen LogP contribution < -0.4 is 0 Å². The molecule has 4 rings (SSSR count). The highest BCUT2D eigenvalue weighted by molar-refractivity contribution is 5.35. The van der Waals surface area contributed by atoms with E-state index in [9.17, 15) is 0 Å². The predicted octanol–water partition coefficient (Wildman–Crippen LogP) is 7.02. The number of rotatable bonds is 2. The summed E-state index contributed by atoms with van der Waals surface area (Å²) in [4.78, 5) is 0. The largest absolute Gasteiger partial charge is 0.0805 e. The summed E-state index contributed by atoms with van der Waals surface area (Å²) in [7, 11) is 0. The number of fused-ring (bicyclic) bond motifs is 5. The molecule has 0 aliphatic heterocycles. The summed E-state index contributed by atoms with van der Waals surface area (Å²) in [5.74, 6) is 5.38. The molecule has 134 valence electrons. The SMILES string of the molecule is CCC(C)C1CCC2C3C=CC4=CC(C)CCC4(C)C3CCC12C. The van der Waals surface area contributed by atoms with Crippen molar-refractivity contribution in [3.63, 3.8) is 0 Å². The molecular weight excluding hydrogens is 288 g/mol. The first-order valence-electron chi connectivity index (χ1n) is 10.8. The molecule has 0 heterocycles. The second kappa shape index (κ2) is 5.75. The van der Waals surface area contributed by atoms with E-state index in [2.05, 4.69) is 52.8 Å². The van der Waals surface area contributed by atoms with E-state index in [1.54, 1.807) is 5.57 Å². The summed E-state index contributed by atoms with van der Waals surface area (Å²) in [6.45, 7) is 12.6. The van der Waals surface area contributed by atoms with Gasteiger partial charge in [0.05, 0.1) is 0 Å². The van der Waals surface area contributed by atoms with Crippen LogP contribution in [0.3, 0.4) is 0 Å². The zero-order valence-electron chi connectivity index (χ0n) is 16.6. The van der Waals surface area contributed by atoms with Crippen LogP contribution in [0.1, 0.15) is 79.6 Å². The average Bonchev–Trinajstić information content (AvgIpc) is 2.92. The Hall–Kier alpha value is -0.520. The maximum atomic E-state index is 2.67. The van der Waals surface area contributed by atoms with Gasteiger partial charge in [-0.3, -0.25) is 0 Å². The van der Waals surface area contributed by atoms with Crippen molar-refractivity contribution in [1.82, 2.24) is 0 Å². The van der Waals surface area contributed by atoms with E-state index >= 15 is 0 Å². The maximum Gasteiger partial charge on any atom is -0.00443 e. The van der Waals surface area contributed by atoms with E-state index in [1.807, 2.05) is 0 Å². The highest BCUT2D eigenvalue weighted by Gasteiger charge is 2.58. The van der Waals surface area contributed by atoms with Gasteiger partial charge in [0, 0.05) is 0 Å². The first-order valence-corrected chi connectivity index (χ1v) is 10.8. The fraction of sp³-hybridized carbons (Fsp3) is 0.833. The Labute approximate surface area is 150 Å². The molecule has 0 aromatic heterocycles. The molecule has 0 spiro atoms. The van der Waals surface area contributed by atoms with Gasteiger partial charge in [0.15, 0.2) is 0 Å². The summed E-state index contributed by atoms with van der Waals surface area (Å²) < 4.78 is 0. The van der Waals surface area contributed by atoms with Gasteiger partial charge in [0.25, 0.3) is 0 Å². The lowest BCUT2D eigenvalue weighted by Gasteiger charge is -2.57. The van der Waals surface area contributed by atoms with E-state index in [1.165, 1.54) is 44.9 Å². The van der Waals surface area contributed by atoms with Gasteiger partial charge < -0.3 is 0 Å². The molecule has 2 saturated carbocycles. The van der Waals surface area contributed by atoms with Crippen molar-refractivity contribution in [2.75, 3.05) is 0 Å². The Morgan fingerprint density at radius 2 is 1.88 bits per heavy atom. The van der Waals surface area contributed by atoms with E-state index in [0.717, 1.165) is 35.5 Å². The van der Waals surface area contributed by atoms with Crippen molar-refractivity contribution in [3.05, 3.63) is 23.8 Å². The zero-order valence-corrected chi connectivity index (χ0v) is 16.6. The molecule has 8 atom stereocenters. The second-order valence-corrected chi connectivity index (χ2v) is 10.3. The molecule has 4 aliphatic carbocycles. The highest BCUT2D eigenvalue weighted by Crippen LogP contribution is 2.66. The van der Waals surface area contributed by atoms with Crippen LogP contribution >= 0.6 is 0 Å². The van der Waals surface area contributed by atoms with Crippen molar-refractivity contribution in [2.24, 2.45) is 46.3 Å². The molecule has 2 fully saturated rings. The lowest BCUT2D eigenvalue weighted by Crippen LogP contribution is -2.49. The lowest BCUT2D eigenvalue weighted by atomic mass is 9.48. The van der Waals surface area contributed by atoms with Crippen molar-refractivity contribution >= 4 is 0 Å². The molecule has 0 bridgehead atoms. The first kappa shape index (κ1) is 16.9. The number of hydrogen-bond donors (Lipinski definition) is 0. The fourth-order valence-electron chi connectivity index (χ4n) is 7.58. The molecule has 4 aliphatic rings. The molecule has 24 heavy (non-hydrogen) atoms. The van der Waals surface area contributed by atoms with Crippen LogP contribution in [0.2, 0.25) is 0 Å². The average molecular weight is 327 g/mol. The Morgan fingerprint density at radius 1 is 1.08 bits per heavy atom. The summed E-state index contributed by atoms with van der Waals surface area (Å²) in [5, 5.41) is 0. The van der Waals surface area contributed by atoms with E-state index in [4.69, 9.17) is 0 Å². The molecule has 0 aromatic rings. The topological polar surface area (TPSA) is 0 Å². The quantitative estimate of drug-likeness (QED) is 0.511. The van der Waals surface area contributed by atoms with E-state index < -0.39 is 0 Å². The smallest absolute Gasteiger partial charge is 0.00443 e. The van der Waals surface area contributed by atoms with Crippen LogP contribution in [0.25, 0.3) is 0 Å². The summed E-state index contributed by atoms with van der Waals surface area (Å²) in [6, 6.07) is 0. The van der Waals surface area contributed by atoms with Crippen molar-refractivity contribution in [3.8, 4) is 0 Å². The molecular formula is C24H38. The van der Waals surface area contributed by atoms with Gasteiger partial charge in [0.1, 0.15) is 0 Å². The van der Waals surface area contributed by atoms with Crippen LogP contribution in [0.5, 0.6) is 0 Å². The molecule has 0 aromatic carbocycles. The molecule has 0 radical (unpaired) electrons. The number of allylic oxidation sites excluding steroid dienone is 4. The van der Waals surface area contributed by atoms with Crippen LogP contribution in [-0.4, -0.2) is 0 Å². The van der Waals surface area contributed by atoms with Gasteiger partial charge in [-0.1, -0.05) is 59.3 Å². The standard InChI is InChI=1S/C24H38/c1-6-17(3)20-9-10-21-19-8-7-18-15-16(2)11-13-23(18,4)22(19)12-14-24(20,21)5/h7-8,15-17,19-22H,6,9-14H2,1-5H3. The van der Waals surface area contributed by atoms with Crippen molar-refractivity contribution in [2.45, 2.75) is 79.6 Å².